The molecule has 0 aliphatic heterocycles. The van der Waals surface area contributed by atoms with E-state index in [4.69, 9.17) is 16.3 Å². The maximum Gasteiger partial charge on any atom is 0.357 e. The molecule has 4 heteroatoms. The Labute approximate surface area is 113 Å². The summed E-state index contributed by atoms with van der Waals surface area (Å²) < 4.78 is 5.49. The molecular formula is C14H18ClNO2. The molecule has 3 atom stereocenters. The lowest BCUT2D eigenvalue weighted by atomic mass is 9.80. The van der Waals surface area contributed by atoms with Gasteiger partial charge in [-0.25, -0.2) is 9.78 Å². The van der Waals surface area contributed by atoms with Crippen LogP contribution >= 0.6 is 11.6 Å². The van der Waals surface area contributed by atoms with Crippen LogP contribution < -0.4 is 0 Å². The number of nitrogens with zero attached hydrogens (tertiary/aromatic N) is 1. The molecule has 98 valence electrons. The van der Waals surface area contributed by atoms with Crippen LogP contribution in [0.1, 0.15) is 43.6 Å². The van der Waals surface area contributed by atoms with Crippen molar-refractivity contribution in [1.82, 2.24) is 4.98 Å². The molecule has 1 aromatic rings. The second kappa shape index (κ2) is 5.70. The van der Waals surface area contributed by atoms with Gasteiger partial charge < -0.3 is 4.74 Å². The molecule has 0 aromatic carbocycles. The summed E-state index contributed by atoms with van der Waals surface area (Å²) in [7, 11) is 0. The minimum Gasteiger partial charge on any atom is -0.458 e. The number of pyridine rings is 1. The van der Waals surface area contributed by atoms with Gasteiger partial charge >= 0.3 is 5.97 Å². The Hall–Kier alpha value is -1.09. The zero-order valence-electron chi connectivity index (χ0n) is 10.7. The van der Waals surface area contributed by atoms with Crippen molar-refractivity contribution in [3.05, 3.63) is 29.0 Å². The third-order valence-electron chi connectivity index (χ3n) is 3.75. The molecule has 1 aromatic heterocycles. The van der Waals surface area contributed by atoms with Crippen molar-refractivity contribution < 1.29 is 9.53 Å². The number of rotatable bonds is 2. The van der Waals surface area contributed by atoms with Crippen LogP contribution in [0.4, 0.5) is 0 Å². The summed E-state index contributed by atoms with van der Waals surface area (Å²) in [6.07, 6.45) is 4.53. The highest BCUT2D eigenvalue weighted by atomic mass is 35.5. The predicted molar refractivity (Wildman–Crippen MR) is 70.6 cm³/mol. The molecule has 0 spiro atoms. The van der Waals surface area contributed by atoms with E-state index in [0.29, 0.717) is 16.9 Å². The van der Waals surface area contributed by atoms with Crippen LogP contribution in [0.3, 0.4) is 0 Å². The van der Waals surface area contributed by atoms with E-state index >= 15 is 0 Å². The van der Waals surface area contributed by atoms with Gasteiger partial charge in [-0.2, -0.15) is 0 Å². The fourth-order valence-electron chi connectivity index (χ4n) is 2.33. The summed E-state index contributed by atoms with van der Waals surface area (Å²) in [6.45, 7) is 4.46. The molecule has 1 aliphatic rings. The normalized spacial score (nSPS) is 27.8. The minimum atomic E-state index is -0.371. The molecule has 0 N–H and O–H groups in total. The second-order valence-electron chi connectivity index (χ2n) is 5.15. The predicted octanol–water partition coefficient (Wildman–Crippen LogP) is 3.72. The van der Waals surface area contributed by atoms with Crippen LogP contribution in [-0.2, 0) is 4.74 Å². The van der Waals surface area contributed by atoms with E-state index in [9.17, 15) is 4.79 Å². The number of carbonyl (C=O) groups excluding carboxylic acids is 1. The molecule has 0 amide bonds. The SMILES string of the molecule is CC1CCC(OC(=O)c2cc(Cl)ccn2)CC1C. The molecule has 1 fully saturated rings. The van der Waals surface area contributed by atoms with Crippen molar-refractivity contribution in [3.8, 4) is 0 Å². The quantitative estimate of drug-likeness (QED) is 0.767. The molecule has 1 saturated carbocycles. The Morgan fingerprint density at radius 1 is 1.39 bits per heavy atom. The van der Waals surface area contributed by atoms with Crippen molar-refractivity contribution in [2.45, 2.75) is 39.2 Å². The van der Waals surface area contributed by atoms with Crippen molar-refractivity contribution >= 4 is 17.6 Å². The van der Waals surface area contributed by atoms with Gasteiger partial charge in [0.25, 0.3) is 0 Å². The fourth-order valence-corrected chi connectivity index (χ4v) is 2.49. The lowest BCUT2D eigenvalue weighted by Gasteiger charge is -2.31. The first-order valence-electron chi connectivity index (χ1n) is 6.39. The molecule has 18 heavy (non-hydrogen) atoms. The van der Waals surface area contributed by atoms with Gasteiger partial charge in [0.15, 0.2) is 0 Å². The molecule has 3 nitrogen and oxygen atoms in total. The number of halogens is 1. The van der Waals surface area contributed by atoms with Crippen LogP contribution in [-0.4, -0.2) is 17.1 Å². The average molecular weight is 268 g/mol. The molecule has 0 saturated heterocycles. The highest BCUT2D eigenvalue weighted by Gasteiger charge is 2.27. The Bertz CT molecular complexity index is 436. The number of aromatic nitrogens is 1. The van der Waals surface area contributed by atoms with E-state index in [0.717, 1.165) is 19.3 Å². The maximum atomic E-state index is 11.9. The topological polar surface area (TPSA) is 39.2 Å². The molecule has 1 aliphatic carbocycles. The van der Waals surface area contributed by atoms with Crippen molar-refractivity contribution in [2.75, 3.05) is 0 Å². The third kappa shape index (κ3) is 3.22. The summed E-state index contributed by atoms with van der Waals surface area (Å²) in [5, 5.41) is 0.502. The Kier molecular flexibility index (Phi) is 4.23. The highest BCUT2D eigenvalue weighted by molar-refractivity contribution is 6.30. The van der Waals surface area contributed by atoms with Gasteiger partial charge in [0, 0.05) is 11.2 Å². The summed E-state index contributed by atoms with van der Waals surface area (Å²) >= 11 is 5.83. The van der Waals surface area contributed by atoms with Crippen molar-refractivity contribution in [2.24, 2.45) is 11.8 Å². The summed E-state index contributed by atoms with van der Waals surface area (Å²) in [5.74, 6) is 0.942. The average Bonchev–Trinajstić information content (AvgIpc) is 2.34. The lowest BCUT2D eigenvalue weighted by Crippen LogP contribution is -2.28. The van der Waals surface area contributed by atoms with Gasteiger partial charge in [-0.05, 0) is 43.2 Å². The third-order valence-corrected chi connectivity index (χ3v) is 3.99. The highest BCUT2D eigenvalue weighted by Crippen LogP contribution is 2.31. The fraction of sp³-hybridized carbons (Fsp3) is 0.571. The van der Waals surface area contributed by atoms with Crippen molar-refractivity contribution in [1.29, 1.82) is 0 Å². The largest absolute Gasteiger partial charge is 0.458 e. The second-order valence-corrected chi connectivity index (χ2v) is 5.59. The van der Waals surface area contributed by atoms with Crippen LogP contribution in [0.2, 0.25) is 5.02 Å². The lowest BCUT2D eigenvalue weighted by molar-refractivity contribution is 0.00818. The zero-order chi connectivity index (χ0) is 13.1. The first-order valence-corrected chi connectivity index (χ1v) is 6.76. The smallest absolute Gasteiger partial charge is 0.357 e. The monoisotopic (exact) mass is 267 g/mol. The molecule has 0 radical (unpaired) electrons. The number of hydrogen-bond donors (Lipinski definition) is 0. The summed E-state index contributed by atoms with van der Waals surface area (Å²) in [6, 6.07) is 3.18. The molecule has 1 heterocycles. The first-order chi connectivity index (χ1) is 8.56. The molecular weight excluding hydrogens is 250 g/mol. The van der Waals surface area contributed by atoms with Crippen LogP contribution in [0.15, 0.2) is 18.3 Å². The van der Waals surface area contributed by atoms with Gasteiger partial charge in [0.2, 0.25) is 0 Å². The van der Waals surface area contributed by atoms with Gasteiger partial charge in [0.1, 0.15) is 11.8 Å². The van der Waals surface area contributed by atoms with E-state index in [2.05, 4.69) is 18.8 Å². The van der Waals surface area contributed by atoms with Gasteiger partial charge in [-0.1, -0.05) is 25.4 Å². The number of ether oxygens (including phenoxy) is 1. The Morgan fingerprint density at radius 2 is 2.17 bits per heavy atom. The maximum absolute atomic E-state index is 11.9. The van der Waals surface area contributed by atoms with E-state index in [1.54, 1.807) is 12.1 Å². The Morgan fingerprint density at radius 3 is 2.83 bits per heavy atom. The van der Waals surface area contributed by atoms with E-state index in [-0.39, 0.29) is 17.8 Å². The van der Waals surface area contributed by atoms with Crippen LogP contribution in [0.5, 0.6) is 0 Å². The van der Waals surface area contributed by atoms with Gasteiger partial charge in [0.05, 0.1) is 0 Å². The van der Waals surface area contributed by atoms with Crippen molar-refractivity contribution in [3.63, 3.8) is 0 Å². The minimum absolute atomic E-state index is 0.0180. The van der Waals surface area contributed by atoms with Gasteiger partial charge in [-0.15, -0.1) is 0 Å². The van der Waals surface area contributed by atoms with E-state index in [1.807, 2.05) is 0 Å². The van der Waals surface area contributed by atoms with Gasteiger partial charge in [-0.3, -0.25) is 0 Å². The standard InChI is InChI=1S/C14H18ClNO2/c1-9-3-4-12(7-10(9)2)18-14(17)13-8-11(15)5-6-16-13/h5-6,8-10,12H,3-4,7H2,1-2H3. The van der Waals surface area contributed by atoms with Crippen LogP contribution in [0.25, 0.3) is 0 Å². The zero-order valence-corrected chi connectivity index (χ0v) is 11.5. The van der Waals surface area contributed by atoms with E-state index < -0.39 is 0 Å². The molecule has 0 bridgehead atoms. The summed E-state index contributed by atoms with van der Waals surface area (Å²) in [5.41, 5.74) is 0.286. The molecule has 2 rings (SSSR count). The number of esters is 1. The summed E-state index contributed by atoms with van der Waals surface area (Å²) in [4.78, 5) is 15.9. The first kappa shape index (κ1) is 13.3. The molecule has 3 unspecified atom stereocenters. The van der Waals surface area contributed by atoms with Crippen LogP contribution in [0, 0.1) is 11.8 Å². The van der Waals surface area contributed by atoms with E-state index in [1.165, 1.54) is 6.20 Å². The Balaban J connectivity index is 1.96. The number of hydrogen-bond acceptors (Lipinski definition) is 3. The number of carbonyl (C=O) groups is 1.